The van der Waals surface area contributed by atoms with E-state index in [1.165, 1.54) is 43.2 Å². The number of anilines is 1. The molecule has 0 fully saturated rings. The molecule has 1 N–H and O–H groups in total. The predicted octanol–water partition coefficient (Wildman–Crippen LogP) is 6.20. The Balaban J connectivity index is 2.13. The minimum atomic E-state index is -4.89. The number of carbonyl (C=O) groups excluding carboxylic acids is 2. The lowest BCUT2D eigenvalue weighted by Crippen LogP contribution is -2.52. The number of halogens is 4. The third-order valence-electron chi connectivity index (χ3n) is 7.09. The highest BCUT2D eigenvalue weighted by Crippen LogP contribution is 2.38. The quantitative estimate of drug-likeness (QED) is 0.251. The molecule has 0 saturated heterocycles. The zero-order chi connectivity index (χ0) is 32.8. The van der Waals surface area contributed by atoms with E-state index in [1.54, 1.807) is 38.1 Å². The molecule has 0 unspecified atom stereocenters. The van der Waals surface area contributed by atoms with Crippen molar-refractivity contribution in [3.05, 3.63) is 88.4 Å². The van der Waals surface area contributed by atoms with Gasteiger partial charge in [-0.1, -0.05) is 48.4 Å². The minimum Gasteiger partial charge on any atom is -0.497 e. The summed E-state index contributed by atoms with van der Waals surface area (Å²) in [6.45, 7) is 5.91. The molecule has 238 valence electrons. The maximum atomic E-state index is 14.0. The largest absolute Gasteiger partial charge is 0.497 e. The first-order valence-corrected chi connectivity index (χ1v) is 15.6. The van der Waals surface area contributed by atoms with Gasteiger partial charge in [0.05, 0.1) is 28.3 Å². The molecule has 8 nitrogen and oxygen atoms in total. The summed E-state index contributed by atoms with van der Waals surface area (Å²) in [6.07, 6.45) is -4.26. The highest BCUT2D eigenvalue weighted by Gasteiger charge is 2.37. The van der Waals surface area contributed by atoms with Crippen LogP contribution in [-0.2, 0) is 32.3 Å². The molecule has 0 aliphatic carbocycles. The van der Waals surface area contributed by atoms with Gasteiger partial charge in [-0.3, -0.25) is 13.9 Å². The van der Waals surface area contributed by atoms with Crippen molar-refractivity contribution in [1.82, 2.24) is 10.2 Å². The molecular formula is C31H35ClF3N3O5S. The zero-order valence-electron chi connectivity index (χ0n) is 25.0. The number of ether oxygens (including phenoxy) is 1. The molecule has 0 spiro atoms. The minimum absolute atomic E-state index is 0.113. The number of carbonyl (C=O) groups is 2. The number of aryl methyl sites for hydroxylation is 1. The van der Waals surface area contributed by atoms with Crippen molar-refractivity contribution in [3.8, 4) is 5.75 Å². The summed E-state index contributed by atoms with van der Waals surface area (Å²) < 4.78 is 75.1. The second-order valence-corrected chi connectivity index (χ2v) is 12.6. The van der Waals surface area contributed by atoms with Crippen LogP contribution >= 0.6 is 11.6 Å². The summed E-state index contributed by atoms with van der Waals surface area (Å²) in [5.74, 6) is -0.802. The van der Waals surface area contributed by atoms with Gasteiger partial charge in [-0.15, -0.1) is 0 Å². The number of hydrogen-bond acceptors (Lipinski definition) is 5. The van der Waals surface area contributed by atoms with E-state index in [0.717, 1.165) is 17.7 Å². The molecule has 3 rings (SSSR count). The van der Waals surface area contributed by atoms with E-state index in [4.69, 9.17) is 16.3 Å². The van der Waals surface area contributed by atoms with Gasteiger partial charge in [-0.25, -0.2) is 8.42 Å². The number of nitrogens with one attached hydrogen (secondary N) is 1. The van der Waals surface area contributed by atoms with Crippen molar-refractivity contribution < 1.29 is 35.9 Å². The van der Waals surface area contributed by atoms with Crippen molar-refractivity contribution in [2.45, 2.75) is 63.8 Å². The molecule has 2 amide bonds. The van der Waals surface area contributed by atoms with Gasteiger partial charge in [-0.05, 0) is 75.2 Å². The van der Waals surface area contributed by atoms with Gasteiger partial charge in [0.2, 0.25) is 11.8 Å². The molecule has 13 heteroatoms. The van der Waals surface area contributed by atoms with Crippen LogP contribution in [0.15, 0.2) is 71.6 Å². The number of methoxy groups -OCH3 is 1. The van der Waals surface area contributed by atoms with E-state index in [-0.39, 0.29) is 17.5 Å². The molecule has 0 aliphatic rings. The fraction of sp³-hybridized carbons (Fsp3) is 0.355. The first kappa shape index (κ1) is 34.7. The van der Waals surface area contributed by atoms with Gasteiger partial charge < -0.3 is 15.0 Å². The average Bonchev–Trinajstić information content (AvgIpc) is 2.98. The topological polar surface area (TPSA) is 96.0 Å². The number of amides is 2. The van der Waals surface area contributed by atoms with Gasteiger partial charge >= 0.3 is 6.18 Å². The standard InChI is InChI=1S/C31H35ClF3N3O5S/c1-6-21(3)36-30(40)22(4)37(18-23-8-7-9-25(16-23)43-5)29(39)19-38(44(41,42)26-13-10-20(2)11-14-26)24-12-15-28(32)27(17-24)31(33,34)35/h7-17,21-22H,6,18-19H2,1-5H3,(H,36,40)/t21-,22+/m0/s1. The Morgan fingerprint density at radius 2 is 1.68 bits per heavy atom. The van der Waals surface area contributed by atoms with Crippen molar-refractivity contribution in [2.24, 2.45) is 0 Å². The highest BCUT2D eigenvalue weighted by atomic mass is 35.5. The predicted molar refractivity (Wildman–Crippen MR) is 163 cm³/mol. The van der Waals surface area contributed by atoms with Crippen LogP contribution in [0.5, 0.6) is 5.75 Å². The fourth-order valence-electron chi connectivity index (χ4n) is 4.27. The number of sulfonamides is 1. The Bertz CT molecular complexity index is 1580. The van der Waals surface area contributed by atoms with E-state index in [9.17, 15) is 31.2 Å². The lowest BCUT2D eigenvalue weighted by Gasteiger charge is -2.32. The lowest BCUT2D eigenvalue weighted by atomic mass is 10.1. The Labute approximate surface area is 260 Å². The smallest absolute Gasteiger partial charge is 0.417 e. The Hall–Kier alpha value is -3.77. The van der Waals surface area contributed by atoms with Crippen molar-refractivity contribution in [3.63, 3.8) is 0 Å². The van der Waals surface area contributed by atoms with Gasteiger partial charge in [0.25, 0.3) is 10.0 Å². The first-order chi connectivity index (χ1) is 20.6. The summed E-state index contributed by atoms with van der Waals surface area (Å²) in [4.78, 5) is 28.1. The molecule has 0 saturated carbocycles. The maximum absolute atomic E-state index is 14.0. The van der Waals surface area contributed by atoms with Crippen molar-refractivity contribution in [2.75, 3.05) is 18.0 Å². The lowest BCUT2D eigenvalue weighted by molar-refractivity contribution is -0.139. The molecule has 0 heterocycles. The SMILES string of the molecule is CC[C@H](C)NC(=O)[C@@H](C)N(Cc1cccc(OC)c1)C(=O)CN(c1ccc(Cl)c(C(F)(F)F)c1)S(=O)(=O)c1ccc(C)cc1. The van der Waals surface area contributed by atoms with Crippen LogP contribution in [0.1, 0.15) is 43.9 Å². The molecule has 0 aromatic heterocycles. The summed E-state index contributed by atoms with van der Waals surface area (Å²) in [5.41, 5.74) is -0.348. The summed E-state index contributed by atoms with van der Waals surface area (Å²) in [5, 5.41) is 2.19. The molecule has 44 heavy (non-hydrogen) atoms. The summed E-state index contributed by atoms with van der Waals surface area (Å²) >= 11 is 5.82. The summed E-state index contributed by atoms with van der Waals surface area (Å²) in [7, 11) is -3.10. The highest BCUT2D eigenvalue weighted by molar-refractivity contribution is 7.92. The van der Waals surface area contributed by atoms with Crippen LogP contribution in [0.25, 0.3) is 0 Å². The number of nitrogens with zero attached hydrogens (tertiary/aromatic N) is 2. The first-order valence-electron chi connectivity index (χ1n) is 13.8. The molecule has 3 aromatic rings. The maximum Gasteiger partial charge on any atom is 0.417 e. The van der Waals surface area contributed by atoms with Crippen molar-refractivity contribution >= 4 is 39.1 Å². The fourth-order valence-corrected chi connectivity index (χ4v) is 5.90. The molecule has 3 aromatic carbocycles. The Morgan fingerprint density at radius 3 is 2.27 bits per heavy atom. The van der Waals surface area contributed by atoms with Crippen LogP contribution in [0.3, 0.4) is 0 Å². The van der Waals surface area contributed by atoms with Gasteiger partial charge in [0.15, 0.2) is 0 Å². The molecule has 0 radical (unpaired) electrons. The van der Waals surface area contributed by atoms with Crippen LogP contribution in [-0.4, -0.2) is 50.9 Å². The van der Waals surface area contributed by atoms with Crippen LogP contribution < -0.4 is 14.4 Å². The number of rotatable bonds is 12. The van der Waals surface area contributed by atoms with E-state index in [1.807, 2.05) is 6.92 Å². The average molecular weight is 654 g/mol. The second kappa shape index (κ2) is 14.3. The summed E-state index contributed by atoms with van der Waals surface area (Å²) in [6, 6.07) is 13.8. The van der Waals surface area contributed by atoms with Gasteiger partial charge in [-0.2, -0.15) is 13.2 Å². The monoisotopic (exact) mass is 653 g/mol. The number of hydrogen-bond donors (Lipinski definition) is 1. The van der Waals surface area contributed by atoms with Gasteiger partial charge in [0.1, 0.15) is 18.3 Å². The second-order valence-electron chi connectivity index (χ2n) is 10.4. The van der Waals surface area contributed by atoms with Crippen LogP contribution in [0.4, 0.5) is 18.9 Å². The third kappa shape index (κ3) is 8.44. The normalized spacial score (nSPS) is 13.1. The van der Waals surface area contributed by atoms with Crippen LogP contribution in [0, 0.1) is 6.92 Å². The Kier molecular flexibility index (Phi) is 11.3. The van der Waals surface area contributed by atoms with Crippen LogP contribution in [0.2, 0.25) is 5.02 Å². The molecule has 0 aliphatic heterocycles. The number of benzene rings is 3. The van der Waals surface area contributed by atoms with E-state index in [2.05, 4.69) is 5.32 Å². The van der Waals surface area contributed by atoms with Crippen molar-refractivity contribution in [1.29, 1.82) is 0 Å². The molecule has 0 bridgehead atoms. The third-order valence-corrected chi connectivity index (χ3v) is 9.20. The van der Waals surface area contributed by atoms with Gasteiger partial charge in [0, 0.05) is 12.6 Å². The number of alkyl halides is 3. The Morgan fingerprint density at radius 1 is 1.02 bits per heavy atom. The zero-order valence-corrected chi connectivity index (χ0v) is 26.6. The van der Waals surface area contributed by atoms with E-state index >= 15 is 0 Å². The van der Waals surface area contributed by atoms with E-state index < -0.39 is 56.9 Å². The molecular weight excluding hydrogens is 619 g/mol. The van der Waals surface area contributed by atoms with E-state index in [0.29, 0.717) is 28.1 Å². The molecule has 2 atom stereocenters.